The number of hydrogen-bond donors (Lipinski definition) is 1. The van der Waals surface area contributed by atoms with E-state index in [4.69, 9.17) is 16.0 Å². The predicted octanol–water partition coefficient (Wildman–Crippen LogP) is 5.26. The molecule has 7 heteroatoms. The number of hydrogen-bond acceptors (Lipinski definition) is 5. The van der Waals surface area contributed by atoms with Crippen molar-refractivity contribution in [3.05, 3.63) is 81.1 Å². The first kappa shape index (κ1) is 16.7. The third-order valence-corrected chi connectivity index (χ3v) is 3.95. The van der Waals surface area contributed by atoms with Crippen LogP contribution in [0.25, 0.3) is 11.3 Å². The SMILES string of the molecule is Cc1ccc(-c2ccc(/C=N\Nc3ccc([N+](=O)[O-])cc3)o2)cc1Cl. The van der Waals surface area contributed by atoms with Crippen molar-refractivity contribution in [2.24, 2.45) is 5.10 Å². The van der Waals surface area contributed by atoms with E-state index >= 15 is 0 Å². The third-order valence-electron chi connectivity index (χ3n) is 3.55. The molecule has 0 radical (unpaired) electrons. The zero-order valence-electron chi connectivity index (χ0n) is 13.3. The Morgan fingerprint density at radius 2 is 1.92 bits per heavy atom. The number of halogens is 1. The van der Waals surface area contributed by atoms with Gasteiger partial charge in [-0.1, -0.05) is 23.7 Å². The second kappa shape index (κ2) is 7.19. The molecule has 0 unspecified atom stereocenters. The van der Waals surface area contributed by atoms with Crippen molar-refractivity contribution in [2.75, 3.05) is 5.43 Å². The van der Waals surface area contributed by atoms with Crippen LogP contribution in [-0.2, 0) is 0 Å². The normalized spacial score (nSPS) is 11.0. The summed E-state index contributed by atoms with van der Waals surface area (Å²) in [6.07, 6.45) is 1.53. The number of nitro benzene ring substituents is 1. The number of nitrogens with zero attached hydrogens (tertiary/aromatic N) is 2. The van der Waals surface area contributed by atoms with E-state index in [0.717, 1.165) is 11.1 Å². The fourth-order valence-corrected chi connectivity index (χ4v) is 2.33. The van der Waals surface area contributed by atoms with Gasteiger partial charge < -0.3 is 4.42 Å². The number of aryl methyl sites for hydroxylation is 1. The van der Waals surface area contributed by atoms with Crippen LogP contribution in [0.3, 0.4) is 0 Å². The molecule has 1 aromatic heterocycles. The summed E-state index contributed by atoms with van der Waals surface area (Å²) in [7, 11) is 0. The van der Waals surface area contributed by atoms with Gasteiger partial charge in [-0.25, -0.2) is 0 Å². The molecule has 0 bridgehead atoms. The molecule has 0 fully saturated rings. The summed E-state index contributed by atoms with van der Waals surface area (Å²) in [6, 6.07) is 15.3. The van der Waals surface area contributed by atoms with Crippen LogP contribution >= 0.6 is 11.6 Å². The van der Waals surface area contributed by atoms with Crippen LogP contribution in [0, 0.1) is 17.0 Å². The molecule has 0 amide bonds. The standard InChI is InChI=1S/C18H14ClN3O3/c1-12-2-3-13(10-17(12)19)18-9-8-16(25-18)11-20-21-14-4-6-15(7-5-14)22(23)24/h2-11,21H,1H3/b20-11-. The molecule has 0 saturated heterocycles. The first-order valence-corrected chi connectivity index (χ1v) is 7.80. The van der Waals surface area contributed by atoms with Crippen LogP contribution in [0.5, 0.6) is 0 Å². The molecule has 0 saturated carbocycles. The number of nitro groups is 1. The van der Waals surface area contributed by atoms with E-state index < -0.39 is 4.92 Å². The maximum atomic E-state index is 10.6. The van der Waals surface area contributed by atoms with Gasteiger partial charge in [-0.05, 0) is 42.8 Å². The summed E-state index contributed by atoms with van der Waals surface area (Å²) in [5.41, 5.74) is 5.35. The number of non-ortho nitro benzene ring substituents is 1. The predicted molar refractivity (Wildman–Crippen MR) is 98.2 cm³/mol. The quantitative estimate of drug-likeness (QED) is 0.384. The molecule has 0 aliphatic heterocycles. The largest absolute Gasteiger partial charge is 0.455 e. The monoisotopic (exact) mass is 355 g/mol. The Hall–Kier alpha value is -3.12. The van der Waals surface area contributed by atoms with Gasteiger partial charge in [0.15, 0.2) is 0 Å². The molecule has 3 aromatic rings. The Morgan fingerprint density at radius 1 is 1.16 bits per heavy atom. The molecule has 126 valence electrons. The summed E-state index contributed by atoms with van der Waals surface area (Å²) in [5.74, 6) is 1.26. The minimum atomic E-state index is -0.450. The smallest absolute Gasteiger partial charge is 0.269 e. The summed E-state index contributed by atoms with van der Waals surface area (Å²) in [4.78, 5) is 10.2. The molecular weight excluding hydrogens is 342 g/mol. The summed E-state index contributed by atoms with van der Waals surface area (Å²) < 4.78 is 5.72. The first-order chi connectivity index (χ1) is 12.0. The van der Waals surface area contributed by atoms with Crippen LogP contribution in [0.1, 0.15) is 11.3 Å². The number of hydrazone groups is 1. The Morgan fingerprint density at radius 3 is 2.60 bits per heavy atom. The van der Waals surface area contributed by atoms with Gasteiger partial charge in [0.25, 0.3) is 5.69 Å². The lowest BCUT2D eigenvalue weighted by atomic mass is 10.1. The lowest BCUT2D eigenvalue weighted by Gasteiger charge is -2.01. The minimum absolute atomic E-state index is 0.0296. The number of nitrogens with one attached hydrogen (secondary N) is 1. The van der Waals surface area contributed by atoms with Crippen LogP contribution < -0.4 is 5.43 Å². The maximum absolute atomic E-state index is 10.6. The van der Waals surface area contributed by atoms with Crippen molar-refractivity contribution in [2.45, 2.75) is 6.92 Å². The summed E-state index contributed by atoms with van der Waals surface area (Å²) >= 11 is 6.13. The molecule has 0 aliphatic rings. The van der Waals surface area contributed by atoms with Crippen molar-refractivity contribution in [3.63, 3.8) is 0 Å². The van der Waals surface area contributed by atoms with Gasteiger partial charge in [0.05, 0.1) is 16.8 Å². The summed E-state index contributed by atoms with van der Waals surface area (Å²) in [6.45, 7) is 1.94. The molecule has 3 rings (SSSR count). The topological polar surface area (TPSA) is 80.7 Å². The molecule has 0 spiro atoms. The Balaban J connectivity index is 1.67. The van der Waals surface area contributed by atoms with Crippen molar-refractivity contribution >= 4 is 29.2 Å². The van der Waals surface area contributed by atoms with Crippen LogP contribution in [-0.4, -0.2) is 11.1 Å². The highest BCUT2D eigenvalue weighted by Gasteiger charge is 2.06. The lowest BCUT2D eigenvalue weighted by Crippen LogP contribution is -1.91. The molecule has 6 nitrogen and oxygen atoms in total. The van der Waals surface area contributed by atoms with Crippen LogP contribution in [0.15, 0.2) is 64.1 Å². The van der Waals surface area contributed by atoms with Crippen molar-refractivity contribution < 1.29 is 9.34 Å². The van der Waals surface area contributed by atoms with Crippen LogP contribution in [0.4, 0.5) is 11.4 Å². The van der Waals surface area contributed by atoms with Crippen molar-refractivity contribution in [3.8, 4) is 11.3 Å². The lowest BCUT2D eigenvalue weighted by molar-refractivity contribution is -0.384. The molecule has 0 atom stereocenters. The van der Waals surface area contributed by atoms with Crippen LogP contribution in [0.2, 0.25) is 5.02 Å². The van der Waals surface area contributed by atoms with Gasteiger partial charge in [-0.15, -0.1) is 0 Å². The molecule has 1 N–H and O–H groups in total. The number of benzene rings is 2. The van der Waals surface area contributed by atoms with E-state index in [1.54, 1.807) is 18.2 Å². The number of furan rings is 1. The van der Waals surface area contributed by atoms with E-state index in [2.05, 4.69) is 10.5 Å². The van der Waals surface area contributed by atoms with E-state index in [0.29, 0.717) is 22.2 Å². The highest BCUT2D eigenvalue weighted by atomic mass is 35.5. The highest BCUT2D eigenvalue weighted by molar-refractivity contribution is 6.31. The van der Waals surface area contributed by atoms with E-state index in [9.17, 15) is 10.1 Å². The maximum Gasteiger partial charge on any atom is 0.269 e. The van der Waals surface area contributed by atoms with Gasteiger partial charge >= 0.3 is 0 Å². The summed E-state index contributed by atoms with van der Waals surface area (Å²) in [5, 5.41) is 15.3. The average Bonchev–Trinajstić information content (AvgIpc) is 3.07. The fourth-order valence-electron chi connectivity index (χ4n) is 2.15. The average molecular weight is 356 g/mol. The number of rotatable bonds is 5. The van der Waals surface area contributed by atoms with Crippen molar-refractivity contribution in [1.82, 2.24) is 0 Å². The first-order valence-electron chi connectivity index (χ1n) is 7.43. The van der Waals surface area contributed by atoms with Gasteiger partial charge in [0.1, 0.15) is 11.5 Å². The molecule has 1 heterocycles. The second-order valence-corrected chi connectivity index (χ2v) is 5.75. The zero-order chi connectivity index (χ0) is 17.8. The van der Waals surface area contributed by atoms with E-state index in [1.165, 1.54) is 18.3 Å². The zero-order valence-corrected chi connectivity index (χ0v) is 14.0. The highest BCUT2D eigenvalue weighted by Crippen LogP contribution is 2.26. The van der Waals surface area contributed by atoms with Gasteiger partial charge in [-0.3, -0.25) is 15.5 Å². The Labute approximate surface area is 148 Å². The van der Waals surface area contributed by atoms with E-state index in [-0.39, 0.29) is 5.69 Å². The van der Waals surface area contributed by atoms with Gasteiger partial charge in [0, 0.05) is 22.7 Å². The fraction of sp³-hybridized carbons (Fsp3) is 0.0556. The van der Waals surface area contributed by atoms with Crippen molar-refractivity contribution in [1.29, 1.82) is 0 Å². The Bertz CT molecular complexity index is 933. The van der Waals surface area contributed by atoms with Gasteiger partial charge in [0.2, 0.25) is 0 Å². The number of anilines is 1. The molecular formula is C18H14ClN3O3. The molecule has 2 aromatic carbocycles. The molecule has 0 aliphatic carbocycles. The second-order valence-electron chi connectivity index (χ2n) is 5.34. The third kappa shape index (κ3) is 4.05. The van der Waals surface area contributed by atoms with Gasteiger partial charge in [-0.2, -0.15) is 5.10 Å². The molecule has 25 heavy (non-hydrogen) atoms. The van der Waals surface area contributed by atoms with E-state index in [1.807, 2.05) is 31.2 Å². The minimum Gasteiger partial charge on any atom is -0.455 e. The Kier molecular flexibility index (Phi) is 4.81.